The van der Waals surface area contributed by atoms with Gasteiger partial charge in [0.15, 0.2) is 5.82 Å². The second kappa shape index (κ2) is 8.41. The minimum absolute atomic E-state index is 0.447. The smallest absolute Gasteiger partial charge is 0.154 e. The number of likely N-dealkylation sites (tertiary alicyclic amines) is 1. The van der Waals surface area contributed by atoms with E-state index >= 15 is 0 Å². The van der Waals surface area contributed by atoms with E-state index in [0.717, 1.165) is 36.9 Å². The quantitative estimate of drug-likeness (QED) is 0.807. The molecule has 2 aromatic rings. The number of aromatic nitrogens is 2. The molecule has 0 amide bonds. The standard InChI is InChI=1S/C20H27N3O2/c1-15-6-7-19(25-3)17(11-15)13-23-10-4-5-16(12-23)18-8-9-21-20(22-18)14-24-2/h6-9,11,16H,4-5,10,12-14H2,1-3H3/t16-/m1/s1. The topological polar surface area (TPSA) is 47.5 Å². The fraction of sp³-hybridized carbons (Fsp3) is 0.500. The van der Waals surface area contributed by atoms with Crippen molar-refractivity contribution >= 4 is 0 Å². The highest BCUT2D eigenvalue weighted by molar-refractivity contribution is 5.36. The van der Waals surface area contributed by atoms with E-state index in [1.54, 1.807) is 14.2 Å². The van der Waals surface area contributed by atoms with Crippen molar-refractivity contribution in [3.05, 3.63) is 53.1 Å². The number of nitrogens with zero attached hydrogens (tertiary/aromatic N) is 3. The van der Waals surface area contributed by atoms with Crippen LogP contribution in [0.5, 0.6) is 5.75 Å². The van der Waals surface area contributed by atoms with Crippen LogP contribution in [0.15, 0.2) is 30.5 Å². The summed E-state index contributed by atoms with van der Waals surface area (Å²) in [7, 11) is 3.42. The maximum atomic E-state index is 5.53. The van der Waals surface area contributed by atoms with Gasteiger partial charge in [0.05, 0.1) is 7.11 Å². The van der Waals surface area contributed by atoms with Gasteiger partial charge in [-0.2, -0.15) is 0 Å². The molecular weight excluding hydrogens is 314 g/mol. The first-order valence-electron chi connectivity index (χ1n) is 8.86. The molecular formula is C20H27N3O2. The summed E-state index contributed by atoms with van der Waals surface area (Å²) in [4.78, 5) is 11.5. The van der Waals surface area contributed by atoms with Crippen LogP contribution in [0.4, 0.5) is 0 Å². The summed E-state index contributed by atoms with van der Waals surface area (Å²) < 4.78 is 10.7. The van der Waals surface area contributed by atoms with Crippen molar-refractivity contribution in [2.75, 3.05) is 27.3 Å². The molecule has 0 N–H and O–H groups in total. The molecule has 0 unspecified atom stereocenters. The van der Waals surface area contributed by atoms with Crippen LogP contribution in [0.3, 0.4) is 0 Å². The largest absolute Gasteiger partial charge is 0.496 e. The van der Waals surface area contributed by atoms with Crippen LogP contribution in [0.25, 0.3) is 0 Å². The monoisotopic (exact) mass is 341 g/mol. The maximum Gasteiger partial charge on any atom is 0.154 e. The first-order valence-corrected chi connectivity index (χ1v) is 8.86. The molecule has 0 spiro atoms. The first kappa shape index (κ1) is 17.8. The van der Waals surface area contributed by atoms with Gasteiger partial charge in [0.2, 0.25) is 0 Å². The Kier molecular flexibility index (Phi) is 6.00. The van der Waals surface area contributed by atoms with Gasteiger partial charge >= 0.3 is 0 Å². The van der Waals surface area contributed by atoms with Crippen LogP contribution in [0.1, 0.15) is 41.4 Å². The number of aryl methyl sites for hydroxylation is 1. The molecule has 0 saturated carbocycles. The second-order valence-corrected chi connectivity index (χ2v) is 6.72. The summed E-state index contributed by atoms with van der Waals surface area (Å²) in [6, 6.07) is 8.43. The normalized spacial score (nSPS) is 18.3. The Morgan fingerprint density at radius 3 is 2.92 bits per heavy atom. The highest BCUT2D eigenvalue weighted by Crippen LogP contribution is 2.28. The molecule has 134 valence electrons. The van der Waals surface area contributed by atoms with Crippen molar-refractivity contribution in [3.63, 3.8) is 0 Å². The van der Waals surface area contributed by atoms with Crippen molar-refractivity contribution in [2.45, 2.75) is 38.8 Å². The van der Waals surface area contributed by atoms with E-state index in [2.05, 4.69) is 40.0 Å². The first-order chi connectivity index (χ1) is 12.2. The molecule has 1 aromatic carbocycles. The van der Waals surface area contributed by atoms with Gasteiger partial charge in [-0.05, 0) is 38.4 Å². The summed E-state index contributed by atoms with van der Waals surface area (Å²) >= 11 is 0. The third-order valence-corrected chi connectivity index (χ3v) is 4.75. The lowest BCUT2D eigenvalue weighted by Crippen LogP contribution is -2.34. The second-order valence-electron chi connectivity index (χ2n) is 6.72. The molecule has 3 rings (SSSR count). The van der Waals surface area contributed by atoms with Crippen molar-refractivity contribution in [2.24, 2.45) is 0 Å². The van der Waals surface area contributed by atoms with Crippen molar-refractivity contribution < 1.29 is 9.47 Å². The van der Waals surface area contributed by atoms with Gasteiger partial charge in [0.25, 0.3) is 0 Å². The molecule has 2 heterocycles. The molecule has 1 saturated heterocycles. The average Bonchev–Trinajstić information content (AvgIpc) is 2.63. The van der Waals surface area contributed by atoms with E-state index in [0.29, 0.717) is 12.5 Å². The minimum Gasteiger partial charge on any atom is -0.496 e. The molecule has 0 radical (unpaired) electrons. The van der Waals surface area contributed by atoms with Gasteiger partial charge in [0.1, 0.15) is 12.4 Å². The molecule has 0 aliphatic carbocycles. The summed E-state index contributed by atoms with van der Waals surface area (Å²) in [6.07, 6.45) is 4.20. The zero-order chi connectivity index (χ0) is 17.6. The van der Waals surface area contributed by atoms with Crippen LogP contribution in [0.2, 0.25) is 0 Å². The summed E-state index contributed by atoms with van der Waals surface area (Å²) in [6.45, 7) is 5.63. The summed E-state index contributed by atoms with van der Waals surface area (Å²) in [5, 5.41) is 0. The fourth-order valence-electron chi connectivity index (χ4n) is 3.55. The van der Waals surface area contributed by atoms with Gasteiger partial charge in [-0.3, -0.25) is 4.90 Å². The zero-order valence-electron chi connectivity index (χ0n) is 15.4. The Bertz CT molecular complexity index is 705. The number of rotatable bonds is 6. The van der Waals surface area contributed by atoms with Crippen LogP contribution < -0.4 is 4.74 Å². The lowest BCUT2D eigenvalue weighted by atomic mass is 9.94. The van der Waals surface area contributed by atoms with Crippen LogP contribution in [-0.2, 0) is 17.9 Å². The lowest BCUT2D eigenvalue weighted by Gasteiger charge is -2.33. The van der Waals surface area contributed by atoms with E-state index in [4.69, 9.17) is 9.47 Å². The lowest BCUT2D eigenvalue weighted by molar-refractivity contribution is 0.175. The SMILES string of the molecule is COCc1nccc([C@@H]2CCCN(Cc3cc(C)ccc3OC)C2)n1. The Labute approximate surface area is 150 Å². The van der Waals surface area contributed by atoms with E-state index in [-0.39, 0.29) is 0 Å². The van der Waals surface area contributed by atoms with Crippen molar-refractivity contribution in [3.8, 4) is 5.75 Å². The molecule has 1 atom stereocenters. The van der Waals surface area contributed by atoms with Gasteiger partial charge in [-0.1, -0.05) is 17.7 Å². The molecule has 1 aromatic heterocycles. The zero-order valence-corrected chi connectivity index (χ0v) is 15.4. The highest BCUT2D eigenvalue weighted by atomic mass is 16.5. The number of hydrogen-bond acceptors (Lipinski definition) is 5. The number of benzene rings is 1. The van der Waals surface area contributed by atoms with Gasteiger partial charge in [-0.15, -0.1) is 0 Å². The molecule has 5 nitrogen and oxygen atoms in total. The van der Waals surface area contributed by atoms with E-state index in [9.17, 15) is 0 Å². The van der Waals surface area contributed by atoms with E-state index < -0.39 is 0 Å². The predicted octanol–water partition coefficient (Wildman–Crippen LogP) is 3.32. The number of ether oxygens (including phenoxy) is 2. The van der Waals surface area contributed by atoms with Gasteiger partial charge < -0.3 is 9.47 Å². The minimum atomic E-state index is 0.447. The fourth-order valence-corrected chi connectivity index (χ4v) is 3.55. The number of hydrogen-bond donors (Lipinski definition) is 0. The van der Waals surface area contributed by atoms with Crippen LogP contribution in [-0.4, -0.2) is 42.2 Å². The molecule has 1 fully saturated rings. The maximum absolute atomic E-state index is 5.53. The Morgan fingerprint density at radius 1 is 1.24 bits per heavy atom. The predicted molar refractivity (Wildman–Crippen MR) is 97.7 cm³/mol. The van der Waals surface area contributed by atoms with E-state index in [1.165, 1.54) is 24.0 Å². The third-order valence-electron chi connectivity index (χ3n) is 4.75. The van der Waals surface area contributed by atoms with Gasteiger partial charge in [0, 0.05) is 43.6 Å². The summed E-state index contributed by atoms with van der Waals surface area (Å²) in [5.41, 5.74) is 3.65. The van der Waals surface area contributed by atoms with E-state index in [1.807, 2.05) is 12.3 Å². The molecule has 25 heavy (non-hydrogen) atoms. The van der Waals surface area contributed by atoms with Gasteiger partial charge in [-0.25, -0.2) is 9.97 Å². The highest BCUT2D eigenvalue weighted by Gasteiger charge is 2.23. The van der Waals surface area contributed by atoms with Crippen molar-refractivity contribution in [1.82, 2.24) is 14.9 Å². The average molecular weight is 341 g/mol. The Hall–Kier alpha value is -1.98. The Balaban J connectivity index is 1.71. The number of piperidine rings is 1. The molecule has 1 aliphatic heterocycles. The Morgan fingerprint density at radius 2 is 2.12 bits per heavy atom. The molecule has 5 heteroatoms. The third kappa shape index (κ3) is 4.55. The molecule has 1 aliphatic rings. The summed E-state index contributed by atoms with van der Waals surface area (Å²) in [5.74, 6) is 2.18. The van der Waals surface area contributed by atoms with Crippen LogP contribution >= 0.6 is 0 Å². The molecule has 0 bridgehead atoms. The number of methoxy groups -OCH3 is 2. The van der Waals surface area contributed by atoms with Crippen LogP contribution in [0, 0.1) is 6.92 Å². The van der Waals surface area contributed by atoms with Crippen molar-refractivity contribution in [1.29, 1.82) is 0 Å².